The van der Waals surface area contributed by atoms with Crippen LogP contribution in [0.5, 0.6) is 0 Å². The highest BCUT2D eigenvalue weighted by Gasteiger charge is 2.15. The monoisotopic (exact) mass is 348 g/mol. The molecule has 2 aromatic rings. The molecule has 0 aliphatic carbocycles. The number of halogens is 2. The lowest BCUT2D eigenvalue weighted by molar-refractivity contribution is -0.135. The lowest BCUT2D eigenvalue weighted by atomic mass is 10.2. The fourth-order valence-corrected chi connectivity index (χ4v) is 2.27. The van der Waals surface area contributed by atoms with Crippen LogP contribution in [0.2, 0.25) is 5.02 Å². The van der Waals surface area contributed by atoms with Crippen molar-refractivity contribution in [3.63, 3.8) is 0 Å². The third kappa shape index (κ3) is 5.35. The van der Waals surface area contributed by atoms with Gasteiger partial charge in [-0.25, -0.2) is 4.39 Å². The van der Waals surface area contributed by atoms with Crippen LogP contribution in [-0.2, 0) is 22.7 Å². The molecular formula is C18H18ClFN2O2. The molecular weight excluding hydrogens is 331 g/mol. The number of nitrogens with zero attached hydrogens (tertiary/aromatic N) is 1. The molecule has 0 saturated carbocycles. The summed E-state index contributed by atoms with van der Waals surface area (Å²) in [5.41, 5.74) is 1.27. The predicted octanol–water partition coefficient (Wildman–Crippen LogP) is 3.14. The molecule has 2 aromatic carbocycles. The van der Waals surface area contributed by atoms with Gasteiger partial charge in [-0.15, -0.1) is 0 Å². The van der Waals surface area contributed by atoms with Gasteiger partial charge in [0.15, 0.2) is 0 Å². The Kier molecular flexibility index (Phi) is 6.32. The summed E-state index contributed by atoms with van der Waals surface area (Å²) in [7, 11) is 0. The van der Waals surface area contributed by atoms with E-state index in [1.54, 1.807) is 30.3 Å². The molecule has 0 spiro atoms. The zero-order chi connectivity index (χ0) is 17.5. The number of carbonyl (C=O) groups excluding carboxylic acids is 2. The van der Waals surface area contributed by atoms with E-state index in [2.05, 4.69) is 5.32 Å². The highest BCUT2D eigenvalue weighted by atomic mass is 35.5. The van der Waals surface area contributed by atoms with Gasteiger partial charge in [0.25, 0.3) is 0 Å². The maximum atomic E-state index is 13.7. The smallest absolute Gasteiger partial charge is 0.239 e. The minimum absolute atomic E-state index is 0.0520. The molecule has 0 heterocycles. The summed E-state index contributed by atoms with van der Waals surface area (Å²) in [5.74, 6) is -0.998. The number of nitrogens with one attached hydrogen (secondary N) is 1. The van der Waals surface area contributed by atoms with Gasteiger partial charge in [-0.05, 0) is 23.8 Å². The van der Waals surface area contributed by atoms with Gasteiger partial charge in [-0.2, -0.15) is 0 Å². The van der Waals surface area contributed by atoms with Crippen molar-refractivity contribution in [2.45, 2.75) is 20.0 Å². The van der Waals surface area contributed by atoms with Gasteiger partial charge in [0, 0.05) is 30.6 Å². The van der Waals surface area contributed by atoms with Crippen molar-refractivity contribution in [3.8, 4) is 0 Å². The molecule has 0 bridgehead atoms. The molecule has 0 aliphatic heterocycles. The largest absolute Gasteiger partial charge is 0.350 e. The molecule has 4 nitrogen and oxygen atoms in total. The summed E-state index contributed by atoms with van der Waals surface area (Å²) >= 11 is 5.81. The molecule has 24 heavy (non-hydrogen) atoms. The van der Waals surface area contributed by atoms with E-state index in [9.17, 15) is 14.0 Å². The maximum Gasteiger partial charge on any atom is 0.239 e. The average molecular weight is 349 g/mol. The van der Waals surface area contributed by atoms with Gasteiger partial charge in [-0.3, -0.25) is 9.59 Å². The second-order valence-corrected chi connectivity index (χ2v) is 5.81. The Balaban J connectivity index is 1.92. The molecule has 126 valence electrons. The topological polar surface area (TPSA) is 49.4 Å². The van der Waals surface area contributed by atoms with Gasteiger partial charge >= 0.3 is 0 Å². The van der Waals surface area contributed by atoms with Crippen molar-refractivity contribution in [2.75, 3.05) is 6.54 Å². The van der Waals surface area contributed by atoms with Crippen LogP contribution in [0.15, 0.2) is 48.5 Å². The van der Waals surface area contributed by atoms with Gasteiger partial charge in [0.05, 0.1) is 6.54 Å². The molecule has 0 atom stereocenters. The minimum Gasteiger partial charge on any atom is -0.350 e. The predicted molar refractivity (Wildman–Crippen MR) is 90.8 cm³/mol. The lowest BCUT2D eigenvalue weighted by Crippen LogP contribution is -2.39. The first-order chi connectivity index (χ1) is 11.5. The molecule has 0 unspecified atom stereocenters. The van der Waals surface area contributed by atoms with Crippen molar-refractivity contribution >= 4 is 23.4 Å². The molecule has 2 rings (SSSR count). The molecule has 0 fully saturated rings. The summed E-state index contributed by atoms with van der Waals surface area (Å²) in [5, 5.41) is 3.36. The molecule has 2 amide bonds. The van der Waals surface area contributed by atoms with Crippen LogP contribution in [0, 0.1) is 5.82 Å². The van der Waals surface area contributed by atoms with Crippen LogP contribution >= 0.6 is 11.6 Å². The quantitative estimate of drug-likeness (QED) is 0.871. The van der Waals surface area contributed by atoms with E-state index in [0.717, 1.165) is 5.56 Å². The van der Waals surface area contributed by atoms with Crippen LogP contribution in [-0.4, -0.2) is 23.3 Å². The Hall–Kier alpha value is -2.40. The van der Waals surface area contributed by atoms with E-state index in [0.29, 0.717) is 17.1 Å². The average Bonchev–Trinajstić information content (AvgIpc) is 2.55. The Morgan fingerprint density at radius 2 is 1.79 bits per heavy atom. The van der Waals surface area contributed by atoms with Gasteiger partial charge in [0.1, 0.15) is 5.82 Å². The summed E-state index contributed by atoms with van der Waals surface area (Å²) < 4.78 is 13.7. The van der Waals surface area contributed by atoms with E-state index in [4.69, 9.17) is 11.6 Å². The van der Waals surface area contributed by atoms with E-state index in [-0.39, 0.29) is 24.9 Å². The second kappa shape index (κ2) is 8.45. The molecule has 0 aromatic heterocycles. The zero-order valence-electron chi connectivity index (χ0n) is 13.3. The summed E-state index contributed by atoms with van der Waals surface area (Å²) in [6.45, 7) is 1.61. The molecule has 1 N–H and O–H groups in total. The summed E-state index contributed by atoms with van der Waals surface area (Å²) in [6, 6.07) is 13.3. The van der Waals surface area contributed by atoms with Crippen molar-refractivity contribution in [3.05, 3.63) is 70.5 Å². The number of carbonyl (C=O) groups is 2. The van der Waals surface area contributed by atoms with Gasteiger partial charge in [-0.1, -0.05) is 41.9 Å². The van der Waals surface area contributed by atoms with Crippen molar-refractivity contribution in [1.29, 1.82) is 0 Å². The Morgan fingerprint density at radius 1 is 1.12 bits per heavy atom. The Labute approximate surface area is 145 Å². The second-order valence-electron chi connectivity index (χ2n) is 5.37. The minimum atomic E-state index is -0.398. The van der Waals surface area contributed by atoms with Crippen molar-refractivity contribution in [2.24, 2.45) is 0 Å². The fourth-order valence-electron chi connectivity index (χ4n) is 2.14. The molecule has 6 heteroatoms. The number of hydrogen-bond acceptors (Lipinski definition) is 2. The van der Waals surface area contributed by atoms with Crippen LogP contribution in [0.4, 0.5) is 4.39 Å². The number of amides is 2. The van der Waals surface area contributed by atoms with E-state index in [1.165, 1.54) is 17.9 Å². The maximum absolute atomic E-state index is 13.7. The Morgan fingerprint density at radius 3 is 2.42 bits per heavy atom. The number of rotatable bonds is 6. The summed E-state index contributed by atoms with van der Waals surface area (Å²) in [6.07, 6.45) is 0. The SMILES string of the molecule is CC(=O)N(CC(=O)NCc1ccc(Cl)cc1)Cc1ccccc1F. The molecule has 0 radical (unpaired) electrons. The zero-order valence-corrected chi connectivity index (χ0v) is 14.0. The van der Waals surface area contributed by atoms with Crippen LogP contribution in [0.1, 0.15) is 18.1 Å². The Bertz CT molecular complexity index is 719. The first kappa shape index (κ1) is 17.9. The lowest BCUT2D eigenvalue weighted by Gasteiger charge is -2.21. The standard InChI is InChI=1S/C18H18ClFN2O2/c1-13(23)22(11-15-4-2-3-5-17(15)20)12-18(24)21-10-14-6-8-16(19)9-7-14/h2-9H,10-12H2,1H3,(H,21,24). The van der Waals surface area contributed by atoms with E-state index >= 15 is 0 Å². The third-order valence-corrected chi connectivity index (χ3v) is 3.75. The highest BCUT2D eigenvalue weighted by molar-refractivity contribution is 6.30. The fraction of sp³-hybridized carbons (Fsp3) is 0.222. The van der Waals surface area contributed by atoms with E-state index in [1.807, 2.05) is 12.1 Å². The number of benzene rings is 2. The third-order valence-electron chi connectivity index (χ3n) is 3.50. The van der Waals surface area contributed by atoms with Crippen molar-refractivity contribution in [1.82, 2.24) is 10.2 Å². The first-order valence-electron chi connectivity index (χ1n) is 7.46. The van der Waals surface area contributed by atoms with Crippen molar-refractivity contribution < 1.29 is 14.0 Å². The molecule has 0 saturated heterocycles. The van der Waals surface area contributed by atoms with Gasteiger partial charge in [0.2, 0.25) is 11.8 Å². The van der Waals surface area contributed by atoms with Gasteiger partial charge < -0.3 is 10.2 Å². The normalized spacial score (nSPS) is 10.3. The van der Waals surface area contributed by atoms with E-state index < -0.39 is 5.82 Å². The summed E-state index contributed by atoms with van der Waals surface area (Å²) in [4.78, 5) is 25.1. The highest BCUT2D eigenvalue weighted by Crippen LogP contribution is 2.11. The first-order valence-corrected chi connectivity index (χ1v) is 7.83. The molecule has 0 aliphatic rings. The number of hydrogen-bond donors (Lipinski definition) is 1. The van der Waals surface area contributed by atoms with Crippen LogP contribution < -0.4 is 5.32 Å². The van der Waals surface area contributed by atoms with Crippen LogP contribution in [0.3, 0.4) is 0 Å². The van der Waals surface area contributed by atoms with Crippen LogP contribution in [0.25, 0.3) is 0 Å².